The topological polar surface area (TPSA) is 26.0 Å². The molecule has 1 heterocycles. The highest BCUT2D eigenvalue weighted by atomic mass is 35.5. The van der Waals surface area contributed by atoms with Crippen molar-refractivity contribution in [2.45, 2.75) is 0 Å². The van der Waals surface area contributed by atoms with Crippen molar-refractivity contribution in [2.75, 3.05) is 0 Å². The summed E-state index contributed by atoms with van der Waals surface area (Å²) in [5.74, 6) is 0. The third-order valence-corrected chi connectivity index (χ3v) is 2.03. The molecule has 0 radical (unpaired) electrons. The number of nitrogens with zero attached hydrogens (tertiary/aromatic N) is 1. The second-order valence-corrected chi connectivity index (χ2v) is 3.40. The molecule has 2 nitrogen and oxygen atoms in total. The van der Waals surface area contributed by atoms with Crippen LogP contribution in [0, 0.1) is 0 Å². The quantitative estimate of drug-likeness (QED) is 0.723. The van der Waals surface area contributed by atoms with Gasteiger partial charge in [0.15, 0.2) is 6.39 Å². The third kappa shape index (κ3) is 1.85. The molecular weight excluding hydrogens is 209 g/mol. The van der Waals surface area contributed by atoms with E-state index in [0.717, 1.165) is 11.3 Å². The Morgan fingerprint density at radius 3 is 2.31 bits per heavy atom. The summed E-state index contributed by atoms with van der Waals surface area (Å²) in [5.41, 5.74) is 1.58. The van der Waals surface area contributed by atoms with Gasteiger partial charge < -0.3 is 4.42 Å². The van der Waals surface area contributed by atoms with Crippen molar-refractivity contribution in [3.05, 3.63) is 40.9 Å². The summed E-state index contributed by atoms with van der Waals surface area (Å²) < 4.78 is 4.85. The van der Waals surface area contributed by atoms with Gasteiger partial charge >= 0.3 is 0 Å². The van der Waals surface area contributed by atoms with Crippen molar-refractivity contribution >= 4 is 23.2 Å². The van der Waals surface area contributed by atoms with E-state index >= 15 is 0 Å². The van der Waals surface area contributed by atoms with E-state index < -0.39 is 0 Å². The molecule has 0 aliphatic rings. The molecule has 0 unspecified atom stereocenters. The molecule has 2 rings (SSSR count). The predicted molar refractivity (Wildman–Crippen MR) is 52.0 cm³/mol. The van der Waals surface area contributed by atoms with Crippen LogP contribution in [-0.4, -0.2) is 4.98 Å². The van der Waals surface area contributed by atoms with Crippen LogP contribution in [0.2, 0.25) is 10.0 Å². The van der Waals surface area contributed by atoms with Gasteiger partial charge in [-0.3, -0.25) is 0 Å². The van der Waals surface area contributed by atoms with Crippen LogP contribution in [-0.2, 0) is 0 Å². The molecule has 13 heavy (non-hydrogen) atoms. The van der Waals surface area contributed by atoms with Crippen molar-refractivity contribution in [3.8, 4) is 11.3 Å². The lowest BCUT2D eigenvalue weighted by molar-refractivity contribution is 0.558. The highest BCUT2D eigenvalue weighted by Gasteiger charge is 2.03. The minimum absolute atomic E-state index is 0.588. The fourth-order valence-corrected chi connectivity index (χ4v) is 1.58. The van der Waals surface area contributed by atoms with E-state index in [1.165, 1.54) is 6.39 Å². The smallest absolute Gasteiger partial charge is 0.181 e. The summed E-state index contributed by atoms with van der Waals surface area (Å²) in [6.45, 7) is 0. The van der Waals surface area contributed by atoms with Crippen LogP contribution in [0.15, 0.2) is 35.3 Å². The SMILES string of the molecule is Clc1cc(Cl)cc(-c2cocn2)c1. The lowest BCUT2D eigenvalue weighted by Gasteiger charge is -1.97. The van der Waals surface area contributed by atoms with Gasteiger partial charge in [-0.15, -0.1) is 0 Å². The molecule has 1 aromatic carbocycles. The molecule has 0 saturated heterocycles. The van der Waals surface area contributed by atoms with Crippen molar-refractivity contribution in [1.29, 1.82) is 0 Å². The van der Waals surface area contributed by atoms with Crippen LogP contribution >= 0.6 is 23.2 Å². The van der Waals surface area contributed by atoms with E-state index in [4.69, 9.17) is 27.6 Å². The van der Waals surface area contributed by atoms with Gasteiger partial charge in [0, 0.05) is 15.6 Å². The van der Waals surface area contributed by atoms with Crippen LogP contribution in [0.4, 0.5) is 0 Å². The average Bonchev–Trinajstić information content (AvgIpc) is 2.53. The molecule has 0 fully saturated rings. The van der Waals surface area contributed by atoms with Gasteiger partial charge in [-0.2, -0.15) is 0 Å². The summed E-state index contributed by atoms with van der Waals surface area (Å²) in [6, 6.07) is 5.24. The normalized spacial score (nSPS) is 10.3. The number of aromatic nitrogens is 1. The monoisotopic (exact) mass is 213 g/mol. The second kappa shape index (κ2) is 3.40. The fourth-order valence-electron chi connectivity index (χ4n) is 1.06. The predicted octanol–water partition coefficient (Wildman–Crippen LogP) is 3.65. The average molecular weight is 214 g/mol. The summed E-state index contributed by atoms with van der Waals surface area (Å²) in [4.78, 5) is 3.98. The van der Waals surface area contributed by atoms with Gasteiger partial charge in [-0.05, 0) is 18.2 Å². The van der Waals surface area contributed by atoms with Gasteiger partial charge in [-0.1, -0.05) is 23.2 Å². The highest BCUT2D eigenvalue weighted by molar-refractivity contribution is 6.35. The number of rotatable bonds is 1. The van der Waals surface area contributed by atoms with Gasteiger partial charge in [0.25, 0.3) is 0 Å². The molecular formula is C9H5Cl2NO. The van der Waals surface area contributed by atoms with Crippen LogP contribution in [0.25, 0.3) is 11.3 Å². The summed E-state index contributed by atoms with van der Waals surface area (Å²) in [5, 5.41) is 1.18. The standard InChI is InChI=1S/C9H5Cl2NO/c10-7-1-6(2-8(11)3-7)9-4-13-5-12-9/h1-5H. The lowest BCUT2D eigenvalue weighted by atomic mass is 10.2. The summed E-state index contributed by atoms with van der Waals surface area (Å²) in [6.07, 6.45) is 2.91. The molecule has 0 amide bonds. The number of benzene rings is 1. The Morgan fingerprint density at radius 2 is 1.77 bits per heavy atom. The van der Waals surface area contributed by atoms with Gasteiger partial charge in [0.2, 0.25) is 0 Å². The maximum atomic E-state index is 5.82. The molecule has 0 aliphatic heterocycles. The molecule has 0 atom stereocenters. The first-order valence-electron chi connectivity index (χ1n) is 3.60. The number of hydrogen-bond acceptors (Lipinski definition) is 2. The van der Waals surface area contributed by atoms with Crippen molar-refractivity contribution in [3.63, 3.8) is 0 Å². The Labute approximate surface area is 85.1 Å². The van der Waals surface area contributed by atoms with Crippen molar-refractivity contribution in [1.82, 2.24) is 4.98 Å². The van der Waals surface area contributed by atoms with E-state index in [0.29, 0.717) is 10.0 Å². The van der Waals surface area contributed by atoms with Crippen LogP contribution in [0.5, 0.6) is 0 Å². The minimum atomic E-state index is 0.588. The van der Waals surface area contributed by atoms with Crippen LogP contribution < -0.4 is 0 Å². The Hall–Kier alpha value is -0.990. The molecule has 0 N–H and O–H groups in total. The largest absolute Gasteiger partial charge is 0.451 e. The van der Waals surface area contributed by atoms with Gasteiger partial charge in [0.1, 0.15) is 12.0 Å². The first-order chi connectivity index (χ1) is 6.25. The molecule has 0 spiro atoms. The summed E-state index contributed by atoms with van der Waals surface area (Å²) in [7, 11) is 0. The Bertz CT molecular complexity index is 391. The Kier molecular flexibility index (Phi) is 2.25. The van der Waals surface area contributed by atoms with Gasteiger partial charge in [-0.25, -0.2) is 4.98 Å². The Morgan fingerprint density at radius 1 is 1.08 bits per heavy atom. The number of oxazole rings is 1. The fraction of sp³-hybridized carbons (Fsp3) is 0. The minimum Gasteiger partial charge on any atom is -0.451 e. The first kappa shape index (κ1) is 8.60. The van der Waals surface area contributed by atoms with Crippen molar-refractivity contribution in [2.24, 2.45) is 0 Å². The van der Waals surface area contributed by atoms with Crippen molar-refractivity contribution < 1.29 is 4.42 Å². The molecule has 66 valence electrons. The second-order valence-electron chi connectivity index (χ2n) is 2.53. The molecule has 0 bridgehead atoms. The summed E-state index contributed by atoms with van der Waals surface area (Å²) >= 11 is 11.6. The molecule has 4 heteroatoms. The zero-order chi connectivity index (χ0) is 9.26. The zero-order valence-corrected chi connectivity index (χ0v) is 8.01. The molecule has 2 aromatic rings. The lowest BCUT2D eigenvalue weighted by Crippen LogP contribution is -1.77. The van der Waals surface area contributed by atoms with Crippen LogP contribution in [0.3, 0.4) is 0 Å². The molecule has 0 aliphatic carbocycles. The highest BCUT2D eigenvalue weighted by Crippen LogP contribution is 2.25. The van der Waals surface area contributed by atoms with Gasteiger partial charge in [0.05, 0.1) is 0 Å². The molecule has 0 saturated carbocycles. The van der Waals surface area contributed by atoms with E-state index in [-0.39, 0.29) is 0 Å². The number of hydrogen-bond donors (Lipinski definition) is 0. The third-order valence-electron chi connectivity index (χ3n) is 1.59. The van der Waals surface area contributed by atoms with E-state index in [1.54, 1.807) is 24.5 Å². The maximum absolute atomic E-state index is 5.82. The number of halogens is 2. The zero-order valence-electron chi connectivity index (χ0n) is 6.50. The van der Waals surface area contributed by atoms with E-state index in [9.17, 15) is 0 Å². The van der Waals surface area contributed by atoms with Crippen LogP contribution in [0.1, 0.15) is 0 Å². The molecule has 1 aromatic heterocycles. The first-order valence-corrected chi connectivity index (χ1v) is 4.36. The maximum Gasteiger partial charge on any atom is 0.181 e. The Balaban J connectivity index is 2.53. The van der Waals surface area contributed by atoms with E-state index in [1.807, 2.05) is 0 Å². The van der Waals surface area contributed by atoms with E-state index in [2.05, 4.69) is 4.98 Å².